The summed E-state index contributed by atoms with van der Waals surface area (Å²) in [6.07, 6.45) is 6.74. The van der Waals surface area contributed by atoms with Crippen molar-refractivity contribution in [3.8, 4) is 5.69 Å². The highest BCUT2D eigenvalue weighted by molar-refractivity contribution is 6.31. The average Bonchev–Trinajstić information content (AvgIpc) is 3.28. The predicted molar refractivity (Wildman–Crippen MR) is 131 cm³/mol. The molecule has 166 valence electrons. The summed E-state index contributed by atoms with van der Waals surface area (Å²) in [5, 5.41) is 6.68. The molecular formula is C24H20Cl2N6O. The van der Waals surface area contributed by atoms with Crippen LogP contribution in [0.1, 0.15) is 5.56 Å². The molecule has 0 unspecified atom stereocenters. The number of carbonyl (C=O) groups is 1. The van der Waals surface area contributed by atoms with E-state index in [0.717, 1.165) is 22.5 Å². The molecule has 2 aromatic carbocycles. The third-order valence-corrected chi connectivity index (χ3v) is 6.06. The first-order valence-corrected chi connectivity index (χ1v) is 11.3. The minimum absolute atomic E-state index is 0.00814. The zero-order chi connectivity index (χ0) is 22.8. The van der Waals surface area contributed by atoms with Crippen LogP contribution in [-0.4, -0.2) is 56.7 Å². The van der Waals surface area contributed by atoms with Crippen molar-refractivity contribution >= 4 is 52.0 Å². The van der Waals surface area contributed by atoms with E-state index in [1.807, 2.05) is 59.5 Å². The standard InChI is InChI=1S/C24H20Cl2N6O/c25-18-7-4-17(5-8-18)6-9-22(33)30-10-12-31(13-11-30)23-21-15-29-32(24(21)28-16-27-23)20-3-1-2-19(26)14-20/h1-9,14-16H,10-13H2/b9-6+. The van der Waals surface area contributed by atoms with Crippen LogP contribution in [-0.2, 0) is 4.79 Å². The second-order valence-electron chi connectivity index (χ2n) is 7.67. The molecule has 0 N–H and O–H groups in total. The lowest BCUT2D eigenvalue weighted by Gasteiger charge is -2.35. The van der Waals surface area contributed by atoms with Crippen LogP contribution in [0.5, 0.6) is 0 Å². The quantitative estimate of drug-likeness (QED) is 0.404. The normalized spacial score (nSPS) is 14.4. The van der Waals surface area contributed by atoms with Crippen LogP contribution in [0.2, 0.25) is 10.0 Å². The van der Waals surface area contributed by atoms with Gasteiger partial charge in [-0.3, -0.25) is 4.79 Å². The maximum Gasteiger partial charge on any atom is 0.246 e. The number of amides is 1. The number of anilines is 1. The van der Waals surface area contributed by atoms with Gasteiger partial charge in [-0.05, 0) is 42.0 Å². The van der Waals surface area contributed by atoms with Gasteiger partial charge < -0.3 is 9.80 Å². The van der Waals surface area contributed by atoms with Crippen LogP contribution in [0.15, 0.2) is 67.1 Å². The van der Waals surface area contributed by atoms with Crippen molar-refractivity contribution in [1.82, 2.24) is 24.6 Å². The maximum atomic E-state index is 12.6. The first-order valence-electron chi connectivity index (χ1n) is 10.5. The molecule has 0 atom stereocenters. The lowest BCUT2D eigenvalue weighted by Crippen LogP contribution is -2.48. The first kappa shape index (κ1) is 21.4. The number of piperazine rings is 1. The Morgan fingerprint density at radius 3 is 2.48 bits per heavy atom. The van der Waals surface area contributed by atoms with E-state index in [-0.39, 0.29) is 5.91 Å². The van der Waals surface area contributed by atoms with Gasteiger partial charge in [-0.2, -0.15) is 5.10 Å². The van der Waals surface area contributed by atoms with E-state index in [9.17, 15) is 4.79 Å². The molecule has 7 nitrogen and oxygen atoms in total. The van der Waals surface area contributed by atoms with Crippen molar-refractivity contribution in [2.24, 2.45) is 0 Å². The molecule has 1 fully saturated rings. The molecular weight excluding hydrogens is 459 g/mol. The fourth-order valence-corrected chi connectivity index (χ4v) is 4.18. The number of rotatable bonds is 4. The average molecular weight is 479 g/mol. The number of halogens is 2. The van der Waals surface area contributed by atoms with Crippen molar-refractivity contribution in [2.75, 3.05) is 31.1 Å². The minimum atomic E-state index is -0.00814. The summed E-state index contributed by atoms with van der Waals surface area (Å²) in [5.41, 5.74) is 2.49. The molecule has 1 amide bonds. The molecule has 1 aliphatic heterocycles. The molecule has 5 rings (SSSR count). The second-order valence-corrected chi connectivity index (χ2v) is 8.54. The van der Waals surface area contributed by atoms with Crippen molar-refractivity contribution < 1.29 is 4.79 Å². The van der Waals surface area contributed by atoms with Gasteiger partial charge in [-0.1, -0.05) is 41.4 Å². The first-order chi connectivity index (χ1) is 16.1. The van der Waals surface area contributed by atoms with Crippen molar-refractivity contribution in [1.29, 1.82) is 0 Å². The van der Waals surface area contributed by atoms with Gasteiger partial charge in [-0.15, -0.1) is 0 Å². The second kappa shape index (κ2) is 9.21. The van der Waals surface area contributed by atoms with Crippen molar-refractivity contribution in [2.45, 2.75) is 0 Å². The highest BCUT2D eigenvalue weighted by Crippen LogP contribution is 2.26. The third kappa shape index (κ3) is 4.55. The molecule has 0 radical (unpaired) electrons. The lowest BCUT2D eigenvalue weighted by molar-refractivity contribution is -0.126. The van der Waals surface area contributed by atoms with Crippen LogP contribution in [0.4, 0.5) is 5.82 Å². The Labute approximate surface area is 200 Å². The van der Waals surface area contributed by atoms with E-state index in [4.69, 9.17) is 23.2 Å². The zero-order valence-corrected chi connectivity index (χ0v) is 19.1. The van der Waals surface area contributed by atoms with Crippen LogP contribution in [0.25, 0.3) is 22.8 Å². The number of hydrogen-bond donors (Lipinski definition) is 0. The summed E-state index contributed by atoms with van der Waals surface area (Å²) in [7, 11) is 0. The van der Waals surface area contributed by atoms with Crippen LogP contribution in [0.3, 0.4) is 0 Å². The fraction of sp³-hybridized carbons (Fsp3) is 0.167. The monoisotopic (exact) mass is 478 g/mol. The lowest BCUT2D eigenvalue weighted by atomic mass is 10.2. The Morgan fingerprint density at radius 1 is 0.939 bits per heavy atom. The smallest absolute Gasteiger partial charge is 0.246 e. The van der Waals surface area contributed by atoms with Crippen LogP contribution >= 0.6 is 23.2 Å². The highest BCUT2D eigenvalue weighted by Gasteiger charge is 2.23. The van der Waals surface area contributed by atoms with Crippen molar-refractivity contribution in [3.05, 3.63) is 82.7 Å². The molecule has 9 heteroatoms. The molecule has 2 aromatic heterocycles. The van der Waals surface area contributed by atoms with Gasteiger partial charge in [0.15, 0.2) is 5.65 Å². The molecule has 0 spiro atoms. The summed E-state index contributed by atoms with van der Waals surface area (Å²) < 4.78 is 1.76. The molecule has 0 bridgehead atoms. The minimum Gasteiger partial charge on any atom is -0.352 e. The zero-order valence-electron chi connectivity index (χ0n) is 17.6. The predicted octanol–water partition coefficient (Wildman–Crippen LogP) is 4.48. The van der Waals surface area contributed by atoms with Crippen LogP contribution < -0.4 is 4.90 Å². The molecule has 0 saturated carbocycles. The highest BCUT2D eigenvalue weighted by atomic mass is 35.5. The van der Waals surface area contributed by atoms with Crippen LogP contribution in [0, 0.1) is 0 Å². The number of fused-ring (bicyclic) bond motifs is 1. The summed E-state index contributed by atoms with van der Waals surface area (Å²) >= 11 is 12.1. The molecule has 0 aliphatic carbocycles. The Bertz CT molecular complexity index is 1330. The third-order valence-electron chi connectivity index (χ3n) is 5.58. The van der Waals surface area contributed by atoms with Gasteiger partial charge in [-0.25, -0.2) is 14.6 Å². The number of nitrogens with zero attached hydrogens (tertiary/aromatic N) is 6. The molecule has 1 aliphatic rings. The van der Waals surface area contributed by atoms with E-state index in [1.165, 1.54) is 0 Å². The summed E-state index contributed by atoms with van der Waals surface area (Å²) in [6, 6.07) is 14.9. The number of benzene rings is 2. The molecule has 3 heterocycles. The van der Waals surface area contributed by atoms with Gasteiger partial charge in [0.1, 0.15) is 12.1 Å². The van der Waals surface area contributed by atoms with Crippen molar-refractivity contribution in [3.63, 3.8) is 0 Å². The number of aromatic nitrogens is 4. The summed E-state index contributed by atoms with van der Waals surface area (Å²) in [5.74, 6) is 0.809. The van der Waals surface area contributed by atoms with E-state index in [0.29, 0.717) is 41.9 Å². The Hall–Kier alpha value is -3.42. The van der Waals surface area contributed by atoms with E-state index >= 15 is 0 Å². The maximum absolute atomic E-state index is 12.6. The molecule has 1 saturated heterocycles. The Morgan fingerprint density at radius 2 is 1.73 bits per heavy atom. The topological polar surface area (TPSA) is 67.2 Å². The van der Waals surface area contributed by atoms with Gasteiger partial charge in [0.2, 0.25) is 5.91 Å². The number of carbonyl (C=O) groups excluding carboxylic acids is 1. The summed E-state index contributed by atoms with van der Waals surface area (Å²) in [6.45, 7) is 2.57. The van der Waals surface area contributed by atoms with E-state index < -0.39 is 0 Å². The number of hydrogen-bond acceptors (Lipinski definition) is 5. The van der Waals surface area contributed by atoms with Gasteiger partial charge in [0, 0.05) is 42.3 Å². The van der Waals surface area contributed by atoms with Gasteiger partial charge >= 0.3 is 0 Å². The summed E-state index contributed by atoms with van der Waals surface area (Å²) in [4.78, 5) is 25.6. The van der Waals surface area contributed by atoms with Gasteiger partial charge in [0.05, 0.1) is 17.3 Å². The molecule has 33 heavy (non-hydrogen) atoms. The van der Waals surface area contributed by atoms with E-state index in [2.05, 4.69) is 20.0 Å². The molecule has 4 aromatic rings. The SMILES string of the molecule is O=C(/C=C/c1ccc(Cl)cc1)N1CCN(c2ncnc3c2cnn3-c2cccc(Cl)c2)CC1. The van der Waals surface area contributed by atoms with E-state index in [1.54, 1.807) is 23.3 Å². The van der Waals surface area contributed by atoms with Gasteiger partial charge in [0.25, 0.3) is 0 Å². The Kier molecular flexibility index (Phi) is 5.98. The largest absolute Gasteiger partial charge is 0.352 e. The Balaban J connectivity index is 1.29. The fourth-order valence-electron chi connectivity index (χ4n) is 3.87.